The predicted octanol–water partition coefficient (Wildman–Crippen LogP) is -1.62. The smallest absolute Gasteiger partial charge is 0.326 e. The fourth-order valence-corrected chi connectivity index (χ4v) is 1.46. The molecule has 0 aliphatic heterocycles. The van der Waals surface area contributed by atoms with Crippen LogP contribution in [0.15, 0.2) is 0 Å². The van der Waals surface area contributed by atoms with E-state index in [-0.39, 0.29) is 13.1 Å². The largest absolute Gasteiger partial charge is 0.480 e. The second-order valence-electron chi connectivity index (χ2n) is 3.22. The zero-order valence-electron chi connectivity index (χ0n) is 9.56. The molecule has 8 heteroatoms. The van der Waals surface area contributed by atoms with E-state index < -0.39 is 23.8 Å². The van der Waals surface area contributed by atoms with Crippen molar-refractivity contribution >= 4 is 29.5 Å². The highest BCUT2D eigenvalue weighted by Gasteiger charge is 2.19. The molecule has 5 N–H and O–H groups in total. The minimum absolute atomic E-state index is 0.206. The zero-order chi connectivity index (χ0) is 13.3. The van der Waals surface area contributed by atoms with Gasteiger partial charge in [0.2, 0.25) is 11.8 Å². The number of thioether (sulfide) groups is 1. The molecule has 0 saturated carbocycles. The second-order valence-corrected chi connectivity index (χ2v) is 4.21. The van der Waals surface area contributed by atoms with Gasteiger partial charge in [-0.3, -0.25) is 9.59 Å². The fourth-order valence-electron chi connectivity index (χ4n) is 0.989. The Balaban J connectivity index is 4.03. The van der Waals surface area contributed by atoms with Crippen molar-refractivity contribution < 1.29 is 19.5 Å². The summed E-state index contributed by atoms with van der Waals surface area (Å²) in [5.41, 5.74) is 5.03. The first-order valence-corrected chi connectivity index (χ1v) is 6.38. The van der Waals surface area contributed by atoms with Crippen LogP contribution >= 0.6 is 11.8 Å². The van der Waals surface area contributed by atoms with E-state index in [0.29, 0.717) is 12.2 Å². The van der Waals surface area contributed by atoms with Crippen LogP contribution in [-0.2, 0) is 14.4 Å². The average Bonchev–Trinajstić information content (AvgIpc) is 2.30. The topological polar surface area (TPSA) is 122 Å². The SMILES string of the molecule is CSCC[C@@H](NC(=O)CNC(=O)CN)C(=O)O. The minimum atomic E-state index is -1.09. The highest BCUT2D eigenvalue weighted by Crippen LogP contribution is 2.00. The van der Waals surface area contributed by atoms with Crippen molar-refractivity contribution in [2.45, 2.75) is 12.5 Å². The number of carboxylic acids is 1. The van der Waals surface area contributed by atoms with E-state index in [4.69, 9.17) is 10.8 Å². The van der Waals surface area contributed by atoms with E-state index in [0.717, 1.165) is 0 Å². The average molecular weight is 263 g/mol. The van der Waals surface area contributed by atoms with Crippen LogP contribution in [0.1, 0.15) is 6.42 Å². The Hall–Kier alpha value is -1.28. The van der Waals surface area contributed by atoms with E-state index in [1.165, 1.54) is 11.8 Å². The summed E-state index contributed by atoms with van der Waals surface area (Å²) in [5.74, 6) is -1.46. The number of carboxylic acid groups (broad SMARTS) is 1. The third-order valence-corrected chi connectivity index (χ3v) is 2.52. The molecule has 7 nitrogen and oxygen atoms in total. The van der Waals surface area contributed by atoms with Crippen LogP contribution in [-0.4, -0.2) is 54.0 Å². The Kier molecular flexibility index (Phi) is 8.16. The number of hydrogen-bond donors (Lipinski definition) is 4. The van der Waals surface area contributed by atoms with Crippen molar-refractivity contribution in [1.82, 2.24) is 10.6 Å². The van der Waals surface area contributed by atoms with Crippen molar-refractivity contribution in [1.29, 1.82) is 0 Å². The normalized spacial score (nSPS) is 11.6. The van der Waals surface area contributed by atoms with Gasteiger partial charge in [0, 0.05) is 0 Å². The number of aliphatic carboxylic acids is 1. The summed E-state index contributed by atoms with van der Waals surface area (Å²) in [7, 11) is 0. The van der Waals surface area contributed by atoms with Crippen molar-refractivity contribution in [3.05, 3.63) is 0 Å². The first-order valence-electron chi connectivity index (χ1n) is 4.99. The molecule has 0 spiro atoms. The number of amides is 2. The van der Waals surface area contributed by atoms with Crippen LogP contribution in [0.5, 0.6) is 0 Å². The summed E-state index contributed by atoms with van der Waals surface area (Å²) in [6.45, 7) is -0.471. The monoisotopic (exact) mass is 263 g/mol. The van der Waals surface area contributed by atoms with Gasteiger partial charge in [0.1, 0.15) is 6.04 Å². The van der Waals surface area contributed by atoms with Gasteiger partial charge in [0.05, 0.1) is 13.1 Å². The van der Waals surface area contributed by atoms with Crippen molar-refractivity contribution in [2.75, 3.05) is 25.1 Å². The van der Waals surface area contributed by atoms with E-state index in [9.17, 15) is 14.4 Å². The van der Waals surface area contributed by atoms with Crippen LogP contribution < -0.4 is 16.4 Å². The third-order valence-electron chi connectivity index (χ3n) is 1.88. The number of hydrogen-bond acceptors (Lipinski definition) is 5. The summed E-state index contributed by atoms with van der Waals surface area (Å²) in [4.78, 5) is 32.9. The van der Waals surface area contributed by atoms with E-state index >= 15 is 0 Å². The van der Waals surface area contributed by atoms with Crippen LogP contribution in [0.3, 0.4) is 0 Å². The van der Waals surface area contributed by atoms with Crippen molar-refractivity contribution in [3.8, 4) is 0 Å². The summed E-state index contributed by atoms with van der Waals surface area (Å²) in [5, 5.41) is 13.4. The molecule has 98 valence electrons. The van der Waals surface area contributed by atoms with Crippen LogP contribution in [0.25, 0.3) is 0 Å². The standard InChI is InChI=1S/C9H17N3O4S/c1-17-3-2-6(9(15)16)12-8(14)5-11-7(13)4-10/h6H,2-5,10H2,1H3,(H,11,13)(H,12,14)(H,15,16)/t6-/m1/s1. The highest BCUT2D eigenvalue weighted by molar-refractivity contribution is 7.98. The third kappa shape index (κ3) is 7.58. The number of nitrogens with one attached hydrogen (secondary N) is 2. The van der Waals surface area contributed by atoms with Gasteiger partial charge in [0.15, 0.2) is 0 Å². The maximum Gasteiger partial charge on any atom is 0.326 e. The maximum atomic E-state index is 11.3. The molecular formula is C9H17N3O4S. The number of carbonyl (C=O) groups is 3. The molecule has 0 aliphatic rings. The van der Waals surface area contributed by atoms with Gasteiger partial charge in [-0.25, -0.2) is 4.79 Å². The van der Waals surface area contributed by atoms with Gasteiger partial charge in [-0.1, -0.05) is 0 Å². The molecule has 0 fully saturated rings. The van der Waals surface area contributed by atoms with Gasteiger partial charge in [0.25, 0.3) is 0 Å². The summed E-state index contributed by atoms with van der Waals surface area (Å²) >= 11 is 1.50. The van der Waals surface area contributed by atoms with Gasteiger partial charge in [-0.2, -0.15) is 11.8 Å². The molecule has 0 bridgehead atoms. The van der Waals surface area contributed by atoms with E-state index in [1.54, 1.807) is 0 Å². The number of carbonyl (C=O) groups excluding carboxylic acids is 2. The molecule has 0 rings (SSSR count). The molecule has 0 heterocycles. The number of nitrogens with two attached hydrogens (primary N) is 1. The molecular weight excluding hydrogens is 246 g/mol. The molecule has 17 heavy (non-hydrogen) atoms. The van der Waals surface area contributed by atoms with Gasteiger partial charge >= 0.3 is 5.97 Å². The van der Waals surface area contributed by atoms with Crippen LogP contribution in [0.2, 0.25) is 0 Å². The van der Waals surface area contributed by atoms with Crippen molar-refractivity contribution in [2.24, 2.45) is 5.73 Å². The lowest BCUT2D eigenvalue weighted by Gasteiger charge is -2.14. The molecule has 0 aromatic heterocycles. The Bertz CT molecular complexity index is 285. The Morgan fingerprint density at radius 1 is 1.35 bits per heavy atom. The molecule has 0 aliphatic carbocycles. The van der Waals surface area contributed by atoms with Crippen molar-refractivity contribution in [3.63, 3.8) is 0 Å². The maximum absolute atomic E-state index is 11.3. The second kappa shape index (κ2) is 8.82. The minimum Gasteiger partial charge on any atom is -0.480 e. The van der Waals surface area contributed by atoms with Gasteiger partial charge in [-0.15, -0.1) is 0 Å². The summed E-state index contributed by atoms with van der Waals surface area (Å²) < 4.78 is 0. The quantitative estimate of drug-likeness (QED) is 0.418. The Morgan fingerprint density at radius 3 is 2.47 bits per heavy atom. The first-order chi connectivity index (χ1) is 8.01. The summed E-state index contributed by atoms with van der Waals surface area (Å²) in [6.07, 6.45) is 2.19. The Morgan fingerprint density at radius 2 is 2.00 bits per heavy atom. The fraction of sp³-hybridized carbons (Fsp3) is 0.667. The lowest BCUT2D eigenvalue weighted by atomic mass is 10.2. The zero-order valence-corrected chi connectivity index (χ0v) is 10.4. The highest BCUT2D eigenvalue weighted by atomic mass is 32.2. The molecule has 0 unspecified atom stereocenters. The van der Waals surface area contributed by atoms with Gasteiger partial charge in [-0.05, 0) is 18.4 Å². The molecule has 0 aromatic carbocycles. The Labute approximate surface area is 104 Å². The van der Waals surface area contributed by atoms with E-state index in [1.807, 2.05) is 6.26 Å². The molecule has 0 saturated heterocycles. The number of rotatable bonds is 8. The summed E-state index contributed by atoms with van der Waals surface area (Å²) in [6, 6.07) is -0.926. The molecule has 1 atom stereocenters. The molecule has 0 radical (unpaired) electrons. The van der Waals surface area contributed by atoms with Crippen LogP contribution in [0, 0.1) is 0 Å². The lowest BCUT2D eigenvalue weighted by Crippen LogP contribution is -2.46. The lowest BCUT2D eigenvalue weighted by molar-refractivity contribution is -0.141. The van der Waals surface area contributed by atoms with Gasteiger partial charge < -0.3 is 21.5 Å². The molecule has 2 amide bonds. The van der Waals surface area contributed by atoms with Crippen LogP contribution in [0.4, 0.5) is 0 Å². The predicted molar refractivity (Wildman–Crippen MR) is 64.6 cm³/mol. The molecule has 0 aromatic rings. The first kappa shape index (κ1) is 15.7. The van der Waals surface area contributed by atoms with E-state index in [2.05, 4.69) is 10.6 Å².